The number of allylic oxidation sites excluding steroid dienone is 1. The van der Waals surface area contributed by atoms with Crippen molar-refractivity contribution in [1.82, 2.24) is 0 Å². The Bertz CT molecular complexity index is 1450. The minimum Gasteiger partial charge on any atom is -0.458 e. The van der Waals surface area contributed by atoms with Crippen LogP contribution >= 0.6 is 0 Å². The second-order valence-corrected chi connectivity index (χ2v) is 18.0. The molecule has 3 heterocycles. The zero-order chi connectivity index (χ0) is 39.0. The lowest BCUT2D eigenvalue weighted by molar-refractivity contribution is -0.337. The molecule has 4 aliphatic carbocycles. The van der Waals surface area contributed by atoms with E-state index in [4.69, 9.17) is 23.7 Å². The van der Waals surface area contributed by atoms with E-state index in [1.165, 1.54) is 0 Å². The molecule has 0 bridgehead atoms. The maximum atomic E-state index is 12.6. The van der Waals surface area contributed by atoms with E-state index in [0.717, 1.165) is 55.2 Å². The number of hydrogen-bond donors (Lipinski definition) is 8. The summed E-state index contributed by atoms with van der Waals surface area (Å²) in [5.74, 6) is 1.72. The van der Waals surface area contributed by atoms with Crippen LogP contribution in [0, 0.1) is 40.4 Å². The van der Waals surface area contributed by atoms with Crippen molar-refractivity contribution in [2.75, 3.05) is 13.2 Å². The fourth-order valence-electron chi connectivity index (χ4n) is 11.9. The van der Waals surface area contributed by atoms with Crippen LogP contribution in [0.1, 0.15) is 86.0 Å². The first-order valence-electron chi connectivity index (χ1n) is 20.0. The summed E-state index contributed by atoms with van der Waals surface area (Å²) in [4.78, 5) is 12.6. The van der Waals surface area contributed by atoms with E-state index in [1.54, 1.807) is 0 Å². The number of cyclic esters (lactones) is 1. The van der Waals surface area contributed by atoms with Gasteiger partial charge in [-0.2, -0.15) is 0 Å². The summed E-state index contributed by atoms with van der Waals surface area (Å²) in [5.41, 5.74) is 2.65. The Morgan fingerprint density at radius 2 is 1.52 bits per heavy atom. The molecular formula is C40H62O14. The van der Waals surface area contributed by atoms with Gasteiger partial charge >= 0.3 is 5.97 Å². The van der Waals surface area contributed by atoms with Crippen molar-refractivity contribution in [2.45, 2.75) is 166 Å². The molecule has 54 heavy (non-hydrogen) atoms. The molecule has 5 fully saturated rings. The first-order chi connectivity index (χ1) is 25.5. The van der Waals surface area contributed by atoms with Gasteiger partial charge in [-0.15, -0.1) is 0 Å². The monoisotopic (exact) mass is 766 g/mol. The van der Waals surface area contributed by atoms with Crippen LogP contribution in [-0.2, 0) is 28.5 Å². The van der Waals surface area contributed by atoms with E-state index < -0.39 is 92.2 Å². The van der Waals surface area contributed by atoms with Gasteiger partial charge in [0.2, 0.25) is 0 Å². The Labute approximate surface area is 317 Å². The average Bonchev–Trinajstić information content (AvgIpc) is 3.50. The first-order valence-corrected chi connectivity index (χ1v) is 20.0. The standard InChI is InChI=1S/C40H62O14/c1-17-12-26(52-36(49)18(17)2)19(3)23-8-9-24-22-7-6-20-13-21(14-29(42)40(20,5)25(22)10-11-39(23,24)4)51-38-35(48)33(46)31(44)28(54-38)16-50-37-34(47)32(45)30(43)27(15-41)53-37/h6,19,21-35,37-38,41-48H,7-16H2,1-5H3/t19-,21-,22-,23-,24-,25-,26+,27+,28+,29-,30+,31+,32-,33-,34+,35+,37+,38+,39+,40?/m0/s1. The Hall–Kier alpha value is -1.53. The van der Waals surface area contributed by atoms with Gasteiger partial charge in [-0.05, 0) is 87.4 Å². The number of aliphatic hydroxyl groups is 8. The summed E-state index contributed by atoms with van der Waals surface area (Å²) in [5, 5.41) is 84.3. The molecule has 0 amide bonds. The zero-order valence-corrected chi connectivity index (χ0v) is 32.1. The summed E-state index contributed by atoms with van der Waals surface area (Å²) in [6.07, 6.45) is -7.38. The Morgan fingerprint density at radius 3 is 2.20 bits per heavy atom. The van der Waals surface area contributed by atoms with Crippen molar-refractivity contribution in [3.63, 3.8) is 0 Å². The quantitative estimate of drug-likeness (QED) is 0.127. The number of carbonyl (C=O) groups excluding carboxylic acids is 1. The molecule has 7 aliphatic rings. The van der Waals surface area contributed by atoms with Crippen molar-refractivity contribution in [1.29, 1.82) is 0 Å². The van der Waals surface area contributed by atoms with E-state index in [-0.39, 0.29) is 29.8 Å². The smallest absolute Gasteiger partial charge is 0.333 e. The normalized spacial score (nSPS) is 51.5. The van der Waals surface area contributed by atoms with E-state index in [9.17, 15) is 45.6 Å². The topological polar surface area (TPSA) is 225 Å². The number of fused-ring (bicyclic) bond motifs is 5. The van der Waals surface area contributed by atoms with Gasteiger partial charge in [-0.1, -0.05) is 38.0 Å². The number of ether oxygens (including phenoxy) is 5. The predicted octanol–water partition coefficient (Wildman–Crippen LogP) is 0.834. The van der Waals surface area contributed by atoms with Gasteiger partial charge in [0.1, 0.15) is 54.9 Å². The van der Waals surface area contributed by atoms with Crippen LogP contribution in [0.3, 0.4) is 0 Å². The van der Waals surface area contributed by atoms with Crippen LogP contribution in [0.5, 0.6) is 0 Å². The third-order valence-corrected chi connectivity index (χ3v) is 15.4. The molecule has 14 heteroatoms. The maximum absolute atomic E-state index is 12.6. The van der Waals surface area contributed by atoms with E-state index >= 15 is 0 Å². The highest BCUT2D eigenvalue weighted by molar-refractivity contribution is 5.89. The van der Waals surface area contributed by atoms with E-state index in [1.807, 2.05) is 13.8 Å². The average molecular weight is 767 g/mol. The van der Waals surface area contributed by atoms with E-state index in [0.29, 0.717) is 30.1 Å². The number of rotatable bonds is 8. The maximum Gasteiger partial charge on any atom is 0.333 e. The van der Waals surface area contributed by atoms with Crippen molar-refractivity contribution in [3.8, 4) is 0 Å². The van der Waals surface area contributed by atoms with Gasteiger partial charge in [0.15, 0.2) is 12.6 Å². The van der Waals surface area contributed by atoms with Gasteiger partial charge in [-0.25, -0.2) is 4.79 Å². The van der Waals surface area contributed by atoms with Crippen LogP contribution in [0.15, 0.2) is 22.8 Å². The molecule has 3 saturated carbocycles. The molecular weight excluding hydrogens is 704 g/mol. The van der Waals surface area contributed by atoms with E-state index in [2.05, 4.69) is 26.8 Å². The molecule has 0 radical (unpaired) electrons. The predicted molar refractivity (Wildman–Crippen MR) is 190 cm³/mol. The third-order valence-electron chi connectivity index (χ3n) is 15.4. The summed E-state index contributed by atoms with van der Waals surface area (Å²) >= 11 is 0. The van der Waals surface area contributed by atoms with Crippen LogP contribution in [-0.4, -0.2) is 140 Å². The highest BCUT2D eigenvalue weighted by atomic mass is 16.7. The van der Waals surface area contributed by atoms with Crippen LogP contribution < -0.4 is 0 Å². The second-order valence-electron chi connectivity index (χ2n) is 18.0. The summed E-state index contributed by atoms with van der Waals surface area (Å²) in [6, 6.07) is 0. The molecule has 7 rings (SSSR count). The van der Waals surface area contributed by atoms with Crippen LogP contribution in [0.25, 0.3) is 0 Å². The second kappa shape index (κ2) is 15.3. The minimum absolute atomic E-state index is 0.103. The third kappa shape index (κ3) is 6.73. The highest BCUT2D eigenvalue weighted by Gasteiger charge is 2.62. The molecule has 20 atom stereocenters. The zero-order valence-electron chi connectivity index (χ0n) is 32.1. The van der Waals surface area contributed by atoms with Crippen molar-refractivity contribution in [2.24, 2.45) is 40.4 Å². The first kappa shape index (κ1) is 40.7. The molecule has 0 spiro atoms. The lowest BCUT2D eigenvalue weighted by atomic mass is 9.46. The minimum atomic E-state index is -1.67. The molecule has 0 aromatic carbocycles. The fraction of sp³-hybridized carbons (Fsp3) is 0.875. The fourth-order valence-corrected chi connectivity index (χ4v) is 11.9. The van der Waals surface area contributed by atoms with Crippen molar-refractivity contribution >= 4 is 5.97 Å². The number of hydrogen-bond acceptors (Lipinski definition) is 14. The number of esters is 1. The molecule has 0 aromatic heterocycles. The Morgan fingerprint density at radius 1 is 0.852 bits per heavy atom. The molecule has 306 valence electrons. The highest BCUT2D eigenvalue weighted by Crippen LogP contribution is 2.67. The number of aliphatic hydroxyl groups excluding tert-OH is 8. The molecule has 14 nitrogen and oxygen atoms in total. The van der Waals surface area contributed by atoms with Gasteiger partial charge in [0.05, 0.1) is 25.4 Å². The van der Waals surface area contributed by atoms with Crippen LogP contribution in [0.2, 0.25) is 0 Å². The van der Waals surface area contributed by atoms with Gasteiger partial charge < -0.3 is 64.5 Å². The molecule has 0 aromatic rings. The molecule has 8 N–H and O–H groups in total. The van der Waals surface area contributed by atoms with Gasteiger partial charge in [0.25, 0.3) is 0 Å². The molecule has 1 unspecified atom stereocenters. The Kier molecular flexibility index (Phi) is 11.5. The SMILES string of the molecule is CC1=C(C)C(=O)O[C@@H]([C@@H](C)[C@@H]2CC[C@H]3[C@@H]4CC=C5C[C@H](O[C@@H]6O[C@H](CO[C@@H]7O[C@H](CO)[C@@H](O)[C@H](O)[C@H]7O)[C@@H](O)[C@H](O)[C@H]6O)C[C@H](O)C5(C)[C@H]4CC[C@]23C)C1. The summed E-state index contributed by atoms with van der Waals surface area (Å²) in [6.45, 7) is 9.70. The number of carbonyl (C=O) groups is 1. The van der Waals surface area contributed by atoms with Gasteiger partial charge in [0, 0.05) is 23.8 Å². The van der Waals surface area contributed by atoms with Gasteiger partial charge in [-0.3, -0.25) is 0 Å². The largest absolute Gasteiger partial charge is 0.458 e. The molecule has 2 saturated heterocycles. The summed E-state index contributed by atoms with van der Waals surface area (Å²) < 4.78 is 29.1. The molecule has 3 aliphatic heterocycles. The van der Waals surface area contributed by atoms with Crippen molar-refractivity contribution < 1.29 is 69.3 Å². The summed E-state index contributed by atoms with van der Waals surface area (Å²) in [7, 11) is 0. The lowest BCUT2D eigenvalue weighted by Crippen LogP contribution is -2.62. The Balaban J connectivity index is 1.00. The lowest BCUT2D eigenvalue weighted by Gasteiger charge is -2.60. The van der Waals surface area contributed by atoms with Crippen LogP contribution in [0.4, 0.5) is 0 Å². The van der Waals surface area contributed by atoms with Crippen molar-refractivity contribution in [3.05, 3.63) is 22.8 Å².